The van der Waals surface area contributed by atoms with Crippen LogP contribution in [0.25, 0.3) is 0 Å². The Kier molecular flexibility index (Phi) is 5.56. The summed E-state index contributed by atoms with van der Waals surface area (Å²) >= 11 is 0. The summed E-state index contributed by atoms with van der Waals surface area (Å²) in [6.45, 7) is 3.31. The molecule has 0 bridgehead atoms. The maximum absolute atomic E-state index is 5.44. The van der Waals surface area contributed by atoms with E-state index in [-0.39, 0.29) is 0 Å². The second-order valence-electron chi connectivity index (χ2n) is 5.54. The molecule has 5 nitrogen and oxygen atoms in total. The van der Waals surface area contributed by atoms with E-state index >= 15 is 0 Å². The highest BCUT2D eigenvalue weighted by Gasteiger charge is 2.18. The van der Waals surface area contributed by atoms with Gasteiger partial charge in [0, 0.05) is 18.7 Å². The Morgan fingerprint density at radius 3 is 2.14 bits per heavy atom. The second-order valence-corrected chi connectivity index (χ2v) is 5.54. The number of piperidine rings is 1. The average molecular weight is 294 g/mol. The number of benzene rings is 1. The van der Waals surface area contributed by atoms with Gasteiger partial charge in [0.1, 0.15) is 5.75 Å². The fraction of sp³-hybridized carbons (Fsp3) is 0.625. The molecule has 0 amide bonds. The molecular weight excluding hydrogens is 268 g/mol. The monoisotopic (exact) mass is 294 g/mol. The van der Waals surface area contributed by atoms with Crippen molar-refractivity contribution in [3.8, 4) is 17.2 Å². The predicted molar refractivity (Wildman–Crippen MR) is 84.8 cm³/mol. The van der Waals surface area contributed by atoms with Crippen LogP contribution in [0.4, 0.5) is 5.69 Å². The van der Waals surface area contributed by atoms with Crippen LogP contribution in [-0.2, 0) is 0 Å². The van der Waals surface area contributed by atoms with Crippen LogP contribution < -0.4 is 19.5 Å². The molecule has 0 unspecified atom stereocenters. The first-order valence-corrected chi connectivity index (χ1v) is 7.40. The molecule has 1 aliphatic rings. The van der Waals surface area contributed by atoms with Crippen molar-refractivity contribution in [3.63, 3.8) is 0 Å². The molecule has 1 fully saturated rings. The minimum absolute atomic E-state index is 0.680. The topological polar surface area (TPSA) is 43.0 Å². The Bertz CT molecular complexity index is 457. The number of hydrogen-bond acceptors (Lipinski definition) is 5. The average Bonchev–Trinajstić information content (AvgIpc) is 2.53. The van der Waals surface area contributed by atoms with E-state index in [2.05, 4.69) is 17.3 Å². The molecule has 1 aromatic carbocycles. The normalized spacial score (nSPS) is 16.6. The van der Waals surface area contributed by atoms with Gasteiger partial charge < -0.3 is 24.4 Å². The highest BCUT2D eigenvalue weighted by atomic mass is 16.5. The molecule has 0 aromatic heterocycles. The summed E-state index contributed by atoms with van der Waals surface area (Å²) in [6, 6.07) is 3.79. The van der Waals surface area contributed by atoms with E-state index in [0.29, 0.717) is 17.4 Å². The number of nitrogens with zero attached hydrogens (tertiary/aromatic N) is 1. The maximum atomic E-state index is 5.44. The molecule has 1 saturated heterocycles. The number of hydrogen-bond donors (Lipinski definition) is 1. The van der Waals surface area contributed by atoms with Crippen LogP contribution in [0.5, 0.6) is 17.2 Å². The van der Waals surface area contributed by atoms with E-state index < -0.39 is 0 Å². The first kappa shape index (κ1) is 15.8. The van der Waals surface area contributed by atoms with Gasteiger partial charge in [0.05, 0.1) is 27.0 Å². The van der Waals surface area contributed by atoms with E-state index in [0.717, 1.165) is 18.0 Å². The minimum Gasteiger partial charge on any atom is -0.494 e. The quantitative estimate of drug-likeness (QED) is 0.873. The summed E-state index contributed by atoms with van der Waals surface area (Å²) in [7, 11) is 7.12. The lowest BCUT2D eigenvalue weighted by Gasteiger charge is -2.29. The smallest absolute Gasteiger partial charge is 0.164 e. The van der Waals surface area contributed by atoms with Crippen LogP contribution in [-0.4, -0.2) is 52.9 Å². The summed E-state index contributed by atoms with van der Waals surface area (Å²) < 4.78 is 16.1. The van der Waals surface area contributed by atoms with Gasteiger partial charge in [0.2, 0.25) is 0 Å². The zero-order valence-corrected chi connectivity index (χ0v) is 13.4. The molecule has 0 atom stereocenters. The zero-order chi connectivity index (χ0) is 15.2. The van der Waals surface area contributed by atoms with Crippen molar-refractivity contribution in [2.45, 2.75) is 12.8 Å². The summed E-state index contributed by atoms with van der Waals surface area (Å²) in [6.07, 6.45) is 2.47. The molecule has 2 rings (SSSR count). The summed E-state index contributed by atoms with van der Waals surface area (Å²) in [5, 5.41) is 3.50. The molecular formula is C16H26N2O3. The molecule has 1 aromatic rings. The van der Waals surface area contributed by atoms with Crippen LogP contribution in [0.2, 0.25) is 0 Å². The molecule has 0 aliphatic carbocycles. The lowest BCUT2D eigenvalue weighted by Crippen LogP contribution is -2.33. The van der Waals surface area contributed by atoms with Gasteiger partial charge in [0.25, 0.3) is 0 Å². The predicted octanol–water partition coefficient (Wildman–Crippen LogP) is 2.47. The molecule has 1 aliphatic heterocycles. The van der Waals surface area contributed by atoms with Crippen LogP contribution in [0.1, 0.15) is 12.8 Å². The molecule has 1 heterocycles. The second kappa shape index (κ2) is 7.41. The van der Waals surface area contributed by atoms with Crippen molar-refractivity contribution in [3.05, 3.63) is 12.1 Å². The van der Waals surface area contributed by atoms with Crippen molar-refractivity contribution in [2.75, 3.05) is 53.3 Å². The number of nitrogens with one attached hydrogen (secondary N) is 1. The van der Waals surface area contributed by atoms with Gasteiger partial charge in [-0.2, -0.15) is 0 Å². The third kappa shape index (κ3) is 3.94. The van der Waals surface area contributed by atoms with Crippen LogP contribution in [0.3, 0.4) is 0 Å². The van der Waals surface area contributed by atoms with Crippen molar-refractivity contribution in [2.24, 2.45) is 5.92 Å². The van der Waals surface area contributed by atoms with Gasteiger partial charge in [-0.15, -0.1) is 0 Å². The molecule has 5 heteroatoms. The fourth-order valence-electron chi connectivity index (χ4n) is 2.69. The summed E-state index contributed by atoms with van der Waals surface area (Å²) in [5.41, 5.74) is 0.953. The number of anilines is 1. The SMILES string of the molecule is COc1cc(OC)c(OC)cc1NCC1CCN(C)CC1. The Labute approximate surface area is 127 Å². The number of methoxy groups -OCH3 is 3. The summed E-state index contributed by atoms with van der Waals surface area (Å²) in [4.78, 5) is 2.38. The third-order valence-electron chi connectivity index (χ3n) is 4.12. The standard InChI is InChI=1S/C16H26N2O3/c1-18-7-5-12(6-8-18)11-17-13-9-15(20-3)16(21-4)10-14(13)19-2/h9-10,12,17H,5-8,11H2,1-4H3. The molecule has 0 spiro atoms. The summed E-state index contributed by atoms with van der Waals surface area (Å²) in [5.74, 6) is 2.88. The minimum atomic E-state index is 0.680. The third-order valence-corrected chi connectivity index (χ3v) is 4.12. The lowest BCUT2D eigenvalue weighted by molar-refractivity contribution is 0.226. The molecule has 0 saturated carbocycles. The Morgan fingerprint density at radius 2 is 1.57 bits per heavy atom. The molecule has 118 valence electrons. The van der Waals surface area contributed by atoms with Gasteiger partial charge in [-0.25, -0.2) is 0 Å². The number of rotatable bonds is 6. The Balaban J connectivity index is 2.04. The maximum Gasteiger partial charge on any atom is 0.164 e. The largest absolute Gasteiger partial charge is 0.494 e. The van der Waals surface area contributed by atoms with Crippen LogP contribution in [0.15, 0.2) is 12.1 Å². The zero-order valence-electron chi connectivity index (χ0n) is 13.4. The van der Waals surface area contributed by atoms with E-state index in [1.54, 1.807) is 21.3 Å². The fourth-order valence-corrected chi connectivity index (χ4v) is 2.69. The molecule has 0 radical (unpaired) electrons. The lowest BCUT2D eigenvalue weighted by atomic mass is 9.97. The highest BCUT2D eigenvalue weighted by molar-refractivity contribution is 5.64. The van der Waals surface area contributed by atoms with Crippen molar-refractivity contribution >= 4 is 5.69 Å². The highest BCUT2D eigenvalue weighted by Crippen LogP contribution is 2.38. The van der Waals surface area contributed by atoms with Crippen LogP contribution >= 0.6 is 0 Å². The number of likely N-dealkylation sites (tertiary alicyclic amines) is 1. The first-order valence-electron chi connectivity index (χ1n) is 7.40. The number of ether oxygens (including phenoxy) is 3. The van der Waals surface area contributed by atoms with E-state index in [9.17, 15) is 0 Å². The van der Waals surface area contributed by atoms with E-state index in [4.69, 9.17) is 14.2 Å². The van der Waals surface area contributed by atoms with Gasteiger partial charge in [-0.05, 0) is 38.9 Å². The van der Waals surface area contributed by atoms with Crippen molar-refractivity contribution < 1.29 is 14.2 Å². The van der Waals surface area contributed by atoms with Gasteiger partial charge in [-0.1, -0.05) is 0 Å². The van der Waals surface area contributed by atoms with Crippen molar-refractivity contribution in [1.29, 1.82) is 0 Å². The van der Waals surface area contributed by atoms with E-state index in [1.807, 2.05) is 12.1 Å². The Morgan fingerprint density at radius 1 is 1.00 bits per heavy atom. The van der Waals surface area contributed by atoms with Gasteiger partial charge in [-0.3, -0.25) is 0 Å². The first-order chi connectivity index (χ1) is 10.2. The van der Waals surface area contributed by atoms with Crippen molar-refractivity contribution in [1.82, 2.24) is 4.90 Å². The van der Waals surface area contributed by atoms with Gasteiger partial charge >= 0.3 is 0 Å². The molecule has 1 N–H and O–H groups in total. The molecule has 21 heavy (non-hydrogen) atoms. The Hall–Kier alpha value is -1.62. The van der Waals surface area contributed by atoms with Crippen LogP contribution in [0, 0.1) is 5.92 Å². The van der Waals surface area contributed by atoms with E-state index in [1.165, 1.54) is 25.9 Å². The van der Waals surface area contributed by atoms with Gasteiger partial charge in [0.15, 0.2) is 11.5 Å².